The van der Waals surface area contributed by atoms with E-state index in [9.17, 15) is 5.11 Å². The van der Waals surface area contributed by atoms with Gasteiger partial charge in [-0.05, 0) is 30.9 Å². The van der Waals surface area contributed by atoms with E-state index in [1.165, 1.54) is 19.3 Å². The first-order valence-corrected chi connectivity index (χ1v) is 7.75. The molecule has 112 valence electrons. The quantitative estimate of drug-likeness (QED) is 0.736. The summed E-state index contributed by atoms with van der Waals surface area (Å²) in [6.07, 6.45) is 3.48. The fraction of sp³-hybridized carbons (Fsp3) is 0.625. The third-order valence-corrected chi connectivity index (χ3v) is 3.98. The second kappa shape index (κ2) is 7.99. The van der Waals surface area contributed by atoms with Gasteiger partial charge in [-0.3, -0.25) is 0 Å². The number of benzene rings is 1. The maximum Gasteiger partial charge on any atom is 0.0897 e. The van der Waals surface area contributed by atoms with Crippen LogP contribution in [0.4, 0.5) is 0 Å². The predicted octanol–water partition coefficient (Wildman–Crippen LogP) is 3.00. The van der Waals surface area contributed by atoms with E-state index in [4.69, 9.17) is 16.3 Å². The Morgan fingerprint density at radius 1 is 1.40 bits per heavy atom. The minimum atomic E-state index is -0.473. The van der Waals surface area contributed by atoms with Crippen LogP contribution in [-0.4, -0.2) is 30.4 Å². The van der Waals surface area contributed by atoms with Gasteiger partial charge in [0.2, 0.25) is 0 Å². The van der Waals surface area contributed by atoms with E-state index < -0.39 is 6.10 Å². The highest BCUT2D eigenvalue weighted by atomic mass is 35.5. The van der Waals surface area contributed by atoms with Crippen LogP contribution < -0.4 is 5.32 Å². The van der Waals surface area contributed by atoms with E-state index in [1.807, 2.05) is 24.3 Å². The van der Waals surface area contributed by atoms with Gasteiger partial charge in [0.15, 0.2) is 0 Å². The van der Waals surface area contributed by atoms with Gasteiger partial charge < -0.3 is 15.2 Å². The maximum atomic E-state index is 9.87. The van der Waals surface area contributed by atoms with Crippen LogP contribution in [0.2, 0.25) is 5.02 Å². The molecule has 1 aromatic carbocycles. The molecule has 0 amide bonds. The first-order chi connectivity index (χ1) is 9.65. The Kier molecular flexibility index (Phi) is 6.30. The van der Waals surface area contributed by atoms with Crippen molar-refractivity contribution in [1.29, 1.82) is 0 Å². The Morgan fingerprint density at radius 2 is 2.15 bits per heavy atom. The number of ether oxygens (including phenoxy) is 1. The van der Waals surface area contributed by atoms with E-state index in [0.29, 0.717) is 30.8 Å². The molecule has 0 aromatic heterocycles. The van der Waals surface area contributed by atoms with Crippen molar-refractivity contribution in [2.45, 2.75) is 44.9 Å². The lowest BCUT2D eigenvalue weighted by atomic mass is 10.1. The highest BCUT2D eigenvalue weighted by Crippen LogP contribution is 2.33. The van der Waals surface area contributed by atoms with Crippen molar-refractivity contribution < 1.29 is 9.84 Å². The van der Waals surface area contributed by atoms with Crippen LogP contribution in [0.15, 0.2) is 24.3 Å². The zero-order valence-electron chi connectivity index (χ0n) is 12.0. The van der Waals surface area contributed by atoms with E-state index in [0.717, 1.165) is 11.5 Å². The van der Waals surface area contributed by atoms with Gasteiger partial charge in [-0.1, -0.05) is 42.6 Å². The number of nitrogens with one attached hydrogen (secondary N) is 1. The number of rotatable bonds is 9. The highest BCUT2D eigenvalue weighted by molar-refractivity contribution is 6.31. The summed E-state index contributed by atoms with van der Waals surface area (Å²) in [7, 11) is 0. The van der Waals surface area contributed by atoms with Gasteiger partial charge in [0, 0.05) is 17.6 Å². The molecule has 2 rings (SSSR count). The molecule has 1 saturated carbocycles. The molecule has 1 fully saturated rings. The molecule has 2 N–H and O–H groups in total. The van der Waals surface area contributed by atoms with Gasteiger partial charge >= 0.3 is 0 Å². The third-order valence-electron chi connectivity index (χ3n) is 3.61. The summed E-state index contributed by atoms with van der Waals surface area (Å²) in [5.41, 5.74) is 0.955. The highest BCUT2D eigenvalue weighted by Gasteiger charge is 2.23. The van der Waals surface area contributed by atoms with Crippen molar-refractivity contribution in [3.63, 3.8) is 0 Å². The summed E-state index contributed by atoms with van der Waals surface area (Å²) in [5, 5.41) is 13.9. The molecule has 3 nitrogen and oxygen atoms in total. The summed E-state index contributed by atoms with van der Waals surface area (Å²) >= 11 is 6.04. The number of halogens is 1. The van der Waals surface area contributed by atoms with Crippen molar-refractivity contribution in [2.24, 2.45) is 5.92 Å². The number of aliphatic hydroxyl groups excluding tert-OH is 1. The van der Waals surface area contributed by atoms with Crippen LogP contribution in [0, 0.1) is 5.92 Å². The fourth-order valence-corrected chi connectivity index (χ4v) is 2.44. The molecular weight excluding hydrogens is 274 g/mol. The lowest BCUT2D eigenvalue weighted by Crippen LogP contribution is -2.36. The van der Waals surface area contributed by atoms with Gasteiger partial charge in [-0.25, -0.2) is 0 Å². The molecule has 1 aliphatic carbocycles. The van der Waals surface area contributed by atoms with Crippen LogP contribution in [-0.2, 0) is 11.3 Å². The van der Waals surface area contributed by atoms with E-state index in [2.05, 4.69) is 12.2 Å². The normalized spacial score (nSPS) is 17.9. The molecule has 0 aliphatic heterocycles. The second-order valence-electron chi connectivity index (χ2n) is 5.75. The van der Waals surface area contributed by atoms with Gasteiger partial charge in [-0.2, -0.15) is 0 Å². The standard InChI is InChI=1S/C16H24ClNO2/c1-12(8-13-6-7-13)18-9-15(19)11-20-10-14-4-2-3-5-16(14)17/h2-5,12-13,15,18-19H,6-11H2,1H3. The lowest BCUT2D eigenvalue weighted by molar-refractivity contribution is 0.0277. The van der Waals surface area contributed by atoms with Gasteiger partial charge in [0.25, 0.3) is 0 Å². The van der Waals surface area contributed by atoms with Crippen LogP contribution in [0.3, 0.4) is 0 Å². The zero-order chi connectivity index (χ0) is 14.4. The molecule has 20 heavy (non-hydrogen) atoms. The Morgan fingerprint density at radius 3 is 2.85 bits per heavy atom. The molecule has 0 spiro atoms. The molecule has 2 atom stereocenters. The smallest absolute Gasteiger partial charge is 0.0897 e. The molecule has 4 heteroatoms. The molecule has 0 bridgehead atoms. The zero-order valence-corrected chi connectivity index (χ0v) is 12.8. The van der Waals surface area contributed by atoms with Crippen LogP contribution in [0.5, 0.6) is 0 Å². The van der Waals surface area contributed by atoms with Crippen LogP contribution in [0.25, 0.3) is 0 Å². The number of hydrogen-bond donors (Lipinski definition) is 2. The molecular formula is C16H24ClNO2. The Labute approximate surface area is 126 Å². The summed E-state index contributed by atoms with van der Waals surface area (Å²) in [4.78, 5) is 0. The van der Waals surface area contributed by atoms with Gasteiger partial charge in [0.05, 0.1) is 19.3 Å². The molecule has 0 radical (unpaired) electrons. The third kappa shape index (κ3) is 5.80. The van der Waals surface area contributed by atoms with E-state index >= 15 is 0 Å². The SMILES string of the molecule is CC(CC1CC1)NCC(O)COCc1ccccc1Cl. The number of aliphatic hydroxyl groups is 1. The Bertz CT molecular complexity index is 409. The molecule has 0 heterocycles. The summed E-state index contributed by atoms with van der Waals surface area (Å²) in [6, 6.07) is 8.08. The van der Waals surface area contributed by atoms with Crippen molar-refractivity contribution in [3.05, 3.63) is 34.9 Å². The Balaban J connectivity index is 1.57. The fourth-order valence-electron chi connectivity index (χ4n) is 2.25. The van der Waals surface area contributed by atoms with E-state index in [1.54, 1.807) is 0 Å². The first kappa shape index (κ1) is 15.8. The molecule has 2 unspecified atom stereocenters. The van der Waals surface area contributed by atoms with Crippen molar-refractivity contribution in [1.82, 2.24) is 5.32 Å². The maximum absolute atomic E-state index is 9.87. The Hall–Kier alpha value is -0.610. The number of hydrogen-bond acceptors (Lipinski definition) is 3. The topological polar surface area (TPSA) is 41.5 Å². The average Bonchev–Trinajstić information content (AvgIpc) is 3.22. The average molecular weight is 298 g/mol. The van der Waals surface area contributed by atoms with Crippen molar-refractivity contribution in [2.75, 3.05) is 13.2 Å². The van der Waals surface area contributed by atoms with Gasteiger partial charge in [0.1, 0.15) is 0 Å². The van der Waals surface area contributed by atoms with Crippen LogP contribution in [0.1, 0.15) is 31.7 Å². The molecule has 1 aliphatic rings. The molecule has 0 saturated heterocycles. The minimum absolute atomic E-state index is 0.328. The van der Waals surface area contributed by atoms with Crippen LogP contribution >= 0.6 is 11.6 Å². The van der Waals surface area contributed by atoms with Gasteiger partial charge in [-0.15, -0.1) is 0 Å². The second-order valence-corrected chi connectivity index (χ2v) is 6.16. The summed E-state index contributed by atoms with van der Waals surface area (Å²) in [6.45, 7) is 3.52. The lowest BCUT2D eigenvalue weighted by Gasteiger charge is -2.17. The largest absolute Gasteiger partial charge is 0.389 e. The van der Waals surface area contributed by atoms with Crippen molar-refractivity contribution >= 4 is 11.6 Å². The first-order valence-electron chi connectivity index (χ1n) is 7.37. The summed E-state index contributed by atoms with van der Waals surface area (Å²) in [5.74, 6) is 0.908. The minimum Gasteiger partial charge on any atom is -0.389 e. The van der Waals surface area contributed by atoms with Crippen molar-refractivity contribution in [3.8, 4) is 0 Å². The monoisotopic (exact) mass is 297 g/mol. The van der Waals surface area contributed by atoms with E-state index in [-0.39, 0.29) is 0 Å². The predicted molar refractivity (Wildman–Crippen MR) is 81.9 cm³/mol. The molecule has 1 aromatic rings. The summed E-state index contributed by atoms with van der Waals surface area (Å²) < 4.78 is 5.51.